The predicted molar refractivity (Wildman–Crippen MR) is 45.6 cm³/mol. The zero-order chi connectivity index (χ0) is 8.97. The van der Waals surface area contributed by atoms with Crippen molar-refractivity contribution < 1.29 is 9.53 Å². The number of rotatable bonds is 3. The number of nitrogens with two attached hydrogens (primary N) is 1. The molecule has 0 spiro atoms. The van der Waals surface area contributed by atoms with Gasteiger partial charge in [-0.15, -0.1) is 0 Å². The van der Waals surface area contributed by atoms with Crippen molar-refractivity contribution in [2.45, 2.75) is 31.9 Å². The molecule has 0 aliphatic carbocycles. The van der Waals surface area contributed by atoms with Gasteiger partial charge in [-0.25, -0.2) is 0 Å². The topological polar surface area (TPSA) is 64.3 Å². The van der Waals surface area contributed by atoms with Crippen LogP contribution in [0.3, 0.4) is 0 Å². The maximum absolute atomic E-state index is 11.3. The second-order valence-corrected chi connectivity index (χ2v) is 3.15. The minimum Gasteiger partial charge on any atom is -0.368 e. The Kier molecular flexibility index (Phi) is 3.49. The molecule has 1 aliphatic heterocycles. The minimum atomic E-state index is -0.237. The molecule has 1 rings (SSSR count). The lowest BCUT2D eigenvalue weighted by molar-refractivity contribution is -0.130. The number of ether oxygens (including phenoxy) is 1. The highest BCUT2D eigenvalue weighted by Crippen LogP contribution is 2.11. The zero-order valence-corrected chi connectivity index (χ0v) is 7.38. The average Bonchev–Trinajstić information content (AvgIpc) is 2.56. The number of hydrogen-bond acceptors (Lipinski definition) is 3. The van der Waals surface area contributed by atoms with Crippen LogP contribution in [0.25, 0.3) is 0 Å². The fourth-order valence-corrected chi connectivity index (χ4v) is 1.18. The van der Waals surface area contributed by atoms with E-state index < -0.39 is 0 Å². The van der Waals surface area contributed by atoms with Gasteiger partial charge in [0.15, 0.2) is 0 Å². The fourth-order valence-electron chi connectivity index (χ4n) is 1.18. The molecule has 1 amide bonds. The van der Waals surface area contributed by atoms with E-state index in [2.05, 4.69) is 5.32 Å². The van der Waals surface area contributed by atoms with Crippen LogP contribution in [-0.2, 0) is 9.53 Å². The monoisotopic (exact) mass is 172 g/mol. The van der Waals surface area contributed by atoms with Crippen LogP contribution in [0.1, 0.15) is 19.8 Å². The zero-order valence-electron chi connectivity index (χ0n) is 7.38. The smallest absolute Gasteiger partial charge is 0.249 e. The van der Waals surface area contributed by atoms with Gasteiger partial charge in [0.1, 0.15) is 6.10 Å². The summed E-state index contributed by atoms with van der Waals surface area (Å²) in [7, 11) is 0. The second-order valence-electron chi connectivity index (χ2n) is 3.15. The molecule has 0 aromatic rings. The summed E-state index contributed by atoms with van der Waals surface area (Å²) in [6, 6.07) is 0.0432. The maximum atomic E-state index is 11.3. The van der Waals surface area contributed by atoms with Gasteiger partial charge in [-0.05, 0) is 19.8 Å². The van der Waals surface area contributed by atoms with E-state index in [-0.39, 0.29) is 18.1 Å². The molecule has 0 aromatic heterocycles. The first-order valence-electron chi connectivity index (χ1n) is 4.36. The largest absolute Gasteiger partial charge is 0.368 e. The molecule has 3 N–H and O–H groups in total. The summed E-state index contributed by atoms with van der Waals surface area (Å²) in [5.74, 6) is -0.0227. The molecule has 2 atom stereocenters. The first kappa shape index (κ1) is 9.48. The Morgan fingerprint density at radius 1 is 1.83 bits per heavy atom. The van der Waals surface area contributed by atoms with E-state index in [1.54, 1.807) is 0 Å². The first-order chi connectivity index (χ1) is 5.74. The minimum absolute atomic E-state index is 0.0227. The van der Waals surface area contributed by atoms with Gasteiger partial charge in [0.05, 0.1) is 0 Å². The third-order valence-electron chi connectivity index (χ3n) is 1.96. The van der Waals surface area contributed by atoms with Crippen LogP contribution in [0.15, 0.2) is 0 Å². The Hall–Kier alpha value is -0.610. The molecule has 1 aliphatic rings. The molecule has 0 aromatic carbocycles. The fraction of sp³-hybridized carbons (Fsp3) is 0.875. The molecule has 0 bridgehead atoms. The lowest BCUT2D eigenvalue weighted by atomic mass is 10.2. The number of carbonyl (C=O) groups excluding carboxylic acids is 1. The maximum Gasteiger partial charge on any atom is 0.249 e. The molecule has 1 fully saturated rings. The summed E-state index contributed by atoms with van der Waals surface area (Å²) in [6.45, 7) is 3.06. The summed E-state index contributed by atoms with van der Waals surface area (Å²) in [4.78, 5) is 11.3. The molecule has 0 radical (unpaired) electrons. The highest BCUT2D eigenvalue weighted by atomic mass is 16.5. The number of nitrogens with one attached hydrogen (secondary N) is 1. The quantitative estimate of drug-likeness (QED) is 0.610. The van der Waals surface area contributed by atoms with Crippen molar-refractivity contribution in [3.05, 3.63) is 0 Å². The van der Waals surface area contributed by atoms with Crippen LogP contribution in [-0.4, -0.2) is 31.2 Å². The molecule has 4 nitrogen and oxygen atoms in total. The van der Waals surface area contributed by atoms with Crippen molar-refractivity contribution in [2.24, 2.45) is 5.73 Å². The second kappa shape index (κ2) is 4.42. The van der Waals surface area contributed by atoms with E-state index in [1.165, 1.54) is 0 Å². The summed E-state index contributed by atoms with van der Waals surface area (Å²) in [5.41, 5.74) is 5.36. The summed E-state index contributed by atoms with van der Waals surface area (Å²) >= 11 is 0. The van der Waals surface area contributed by atoms with Crippen molar-refractivity contribution in [1.29, 1.82) is 0 Å². The molecule has 0 unspecified atom stereocenters. The molecule has 1 heterocycles. The van der Waals surface area contributed by atoms with E-state index in [0.717, 1.165) is 12.8 Å². The summed E-state index contributed by atoms with van der Waals surface area (Å²) in [5, 5.41) is 2.78. The van der Waals surface area contributed by atoms with Crippen molar-refractivity contribution in [2.75, 3.05) is 13.2 Å². The highest BCUT2D eigenvalue weighted by molar-refractivity contribution is 5.81. The van der Waals surface area contributed by atoms with Crippen molar-refractivity contribution in [3.63, 3.8) is 0 Å². The number of amides is 1. The van der Waals surface area contributed by atoms with Gasteiger partial charge in [0, 0.05) is 19.2 Å². The van der Waals surface area contributed by atoms with Gasteiger partial charge in [-0.1, -0.05) is 0 Å². The Morgan fingerprint density at radius 3 is 3.08 bits per heavy atom. The van der Waals surface area contributed by atoms with Crippen molar-refractivity contribution >= 4 is 5.91 Å². The van der Waals surface area contributed by atoms with E-state index in [1.807, 2.05) is 6.92 Å². The Bertz CT molecular complexity index is 155. The third-order valence-corrected chi connectivity index (χ3v) is 1.96. The van der Waals surface area contributed by atoms with Gasteiger partial charge >= 0.3 is 0 Å². The van der Waals surface area contributed by atoms with Crippen LogP contribution < -0.4 is 11.1 Å². The normalized spacial score (nSPS) is 25.3. The van der Waals surface area contributed by atoms with Gasteiger partial charge in [-0.3, -0.25) is 4.79 Å². The van der Waals surface area contributed by atoms with Crippen LogP contribution in [0.5, 0.6) is 0 Å². The van der Waals surface area contributed by atoms with Crippen LogP contribution in [0.4, 0.5) is 0 Å². The van der Waals surface area contributed by atoms with Gasteiger partial charge < -0.3 is 15.8 Å². The van der Waals surface area contributed by atoms with E-state index in [9.17, 15) is 4.79 Å². The van der Waals surface area contributed by atoms with Crippen LogP contribution >= 0.6 is 0 Å². The Balaban J connectivity index is 2.27. The highest BCUT2D eigenvalue weighted by Gasteiger charge is 2.23. The summed E-state index contributed by atoms with van der Waals surface area (Å²) < 4.78 is 5.21. The summed E-state index contributed by atoms with van der Waals surface area (Å²) in [6.07, 6.45) is 1.58. The lowest BCUT2D eigenvalue weighted by Crippen LogP contribution is -2.43. The molecular weight excluding hydrogens is 156 g/mol. The van der Waals surface area contributed by atoms with E-state index >= 15 is 0 Å². The number of hydrogen-bond donors (Lipinski definition) is 2. The number of carbonyl (C=O) groups is 1. The molecule has 4 heteroatoms. The van der Waals surface area contributed by atoms with E-state index in [0.29, 0.717) is 13.2 Å². The van der Waals surface area contributed by atoms with Crippen molar-refractivity contribution in [3.8, 4) is 0 Å². The van der Waals surface area contributed by atoms with Crippen LogP contribution in [0, 0.1) is 0 Å². The Morgan fingerprint density at radius 2 is 2.58 bits per heavy atom. The lowest BCUT2D eigenvalue weighted by Gasteiger charge is -2.14. The SMILES string of the molecule is C[C@H](CN)NC(=O)[C@H]1CCCO1. The predicted octanol–water partition coefficient (Wildman–Crippen LogP) is -0.371. The molecular formula is C8H16N2O2. The van der Waals surface area contributed by atoms with Crippen molar-refractivity contribution in [1.82, 2.24) is 5.32 Å². The van der Waals surface area contributed by atoms with Gasteiger partial charge in [0.25, 0.3) is 0 Å². The molecule has 0 saturated carbocycles. The molecule has 1 saturated heterocycles. The van der Waals surface area contributed by atoms with Gasteiger partial charge in [0.2, 0.25) is 5.91 Å². The van der Waals surface area contributed by atoms with Gasteiger partial charge in [-0.2, -0.15) is 0 Å². The van der Waals surface area contributed by atoms with E-state index in [4.69, 9.17) is 10.5 Å². The molecule has 12 heavy (non-hydrogen) atoms. The van der Waals surface area contributed by atoms with Crippen LogP contribution in [0.2, 0.25) is 0 Å². The molecule has 70 valence electrons. The standard InChI is InChI=1S/C8H16N2O2/c1-6(5-9)10-8(11)7-3-2-4-12-7/h6-7H,2-5,9H2,1H3,(H,10,11)/t6-,7-/m1/s1. The average molecular weight is 172 g/mol. The Labute approximate surface area is 72.5 Å². The third kappa shape index (κ3) is 2.46. The first-order valence-corrected chi connectivity index (χ1v) is 4.36.